The minimum Gasteiger partial charge on any atom is -0.454 e. The molecule has 1 aliphatic heterocycles. The fourth-order valence-corrected chi connectivity index (χ4v) is 1.68. The van der Waals surface area contributed by atoms with Gasteiger partial charge in [-0.05, 0) is 24.6 Å². The molecule has 0 bridgehead atoms. The molecule has 0 spiro atoms. The molecule has 0 aliphatic carbocycles. The van der Waals surface area contributed by atoms with Gasteiger partial charge in [-0.3, -0.25) is 0 Å². The molecule has 1 aromatic carbocycles. The SMILES string of the molecule is CC(N)C(O)c1cc(CF)cc2c1OCO2. The molecule has 1 heterocycles. The van der Waals surface area contributed by atoms with Crippen molar-refractivity contribution in [1.29, 1.82) is 0 Å². The van der Waals surface area contributed by atoms with Gasteiger partial charge >= 0.3 is 0 Å². The van der Waals surface area contributed by atoms with Crippen LogP contribution in [0.2, 0.25) is 0 Å². The van der Waals surface area contributed by atoms with Crippen molar-refractivity contribution in [1.82, 2.24) is 0 Å². The summed E-state index contributed by atoms with van der Waals surface area (Å²) >= 11 is 0. The van der Waals surface area contributed by atoms with Gasteiger partial charge in [0.1, 0.15) is 6.67 Å². The predicted octanol–water partition coefficient (Wildman–Crippen LogP) is 1.27. The Hall–Kier alpha value is -1.33. The highest BCUT2D eigenvalue weighted by Gasteiger charge is 2.25. The summed E-state index contributed by atoms with van der Waals surface area (Å²) in [6, 6.07) is 2.67. The van der Waals surface area contributed by atoms with Crippen LogP contribution in [-0.2, 0) is 6.67 Å². The van der Waals surface area contributed by atoms with E-state index in [4.69, 9.17) is 15.2 Å². The summed E-state index contributed by atoms with van der Waals surface area (Å²) in [7, 11) is 0. The summed E-state index contributed by atoms with van der Waals surface area (Å²) in [6.07, 6.45) is -0.887. The van der Waals surface area contributed by atoms with Crippen molar-refractivity contribution in [2.24, 2.45) is 5.73 Å². The van der Waals surface area contributed by atoms with Crippen molar-refractivity contribution < 1.29 is 19.0 Å². The number of fused-ring (bicyclic) bond motifs is 1. The van der Waals surface area contributed by atoms with E-state index in [9.17, 15) is 9.50 Å². The molecule has 2 rings (SSSR count). The zero-order valence-corrected chi connectivity index (χ0v) is 8.94. The summed E-state index contributed by atoms with van der Waals surface area (Å²) in [4.78, 5) is 0. The van der Waals surface area contributed by atoms with E-state index in [1.165, 1.54) is 0 Å². The molecule has 5 heteroatoms. The number of aliphatic hydroxyl groups is 1. The Morgan fingerprint density at radius 1 is 1.50 bits per heavy atom. The Bertz CT molecular complexity index is 395. The Kier molecular flexibility index (Phi) is 2.98. The van der Waals surface area contributed by atoms with Gasteiger partial charge in [0.2, 0.25) is 6.79 Å². The highest BCUT2D eigenvalue weighted by atomic mass is 19.1. The van der Waals surface area contributed by atoms with Crippen molar-refractivity contribution in [3.63, 3.8) is 0 Å². The lowest BCUT2D eigenvalue weighted by molar-refractivity contribution is 0.142. The van der Waals surface area contributed by atoms with Gasteiger partial charge in [-0.2, -0.15) is 0 Å². The van der Waals surface area contributed by atoms with Gasteiger partial charge in [-0.15, -0.1) is 0 Å². The summed E-state index contributed by atoms with van der Waals surface area (Å²) in [5.41, 5.74) is 6.54. The molecule has 2 atom stereocenters. The molecule has 88 valence electrons. The summed E-state index contributed by atoms with van der Waals surface area (Å²) < 4.78 is 23.0. The predicted molar refractivity (Wildman–Crippen MR) is 56.0 cm³/mol. The molecule has 0 amide bonds. The quantitative estimate of drug-likeness (QED) is 0.816. The molecule has 0 radical (unpaired) electrons. The molecule has 0 aromatic heterocycles. The minimum atomic E-state index is -0.887. The average Bonchev–Trinajstić information content (AvgIpc) is 2.74. The van der Waals surface area contributed by atoms with E-state index >= 15 is 0 Å². The number of aliphatic hydroxyl groups excluding tert-OH is 1. The lowest BCUT2D eigenvalue weighted by Crippen LogP contribution is -2.24. The van der Waals surface area contributed by atoms with Crippen molar-refractivity contribution >= 4 is 0 Å². The monoisotopic (exact) mass is 227 g/mol. The number of rotatable bonds is 3. The Morgan fingerprint density at radius 3 is 2.88 bits per heavy atom. The van der Waals surface area contributed by atoms with Crippen LogP contribution < -0.4 is 15.2 Å². The zero-order chi connectivity index (χ0) is 11.7. The molecule has 2 unspecified atom stereocenters. The topological polar surface area (TPSA) is 64.7 Å². The van der Waals surface area contributed by atoms with Gasteiger partial charge in [0.05, 0.1) is 6.10 Å². The summed E-state index contributed by atoms with van der Waals surface area (Å²) in [5.74, 6) is 0.923. The standard InChI is InChI=1S/C11H14FNO3/c1-6(13)10(14)8-2-7(4-12)3-9-11(8)16-5-15-9/h2-3,6,10,14H,4-5,13H2,1H3. The van der Waals surface area contributed by atoms with Crippen molar-refractivity contribution in [2.45, 2.75) is 25.7 Å². The number of nitrogens with two attached hydrogens (primary N) is 1. The van der Waals surface area contributed by atoms with Gasteiger partial charge in [0.25, 0.3) is 0 Å². The lowest BCUT2D eigenvalue weighted by atomic mass is 10.00. The zero-order valence-electron chi connectivity index (χ0n) is 8.94. The smallest absolute Gasteiger partial charge is 0.231 e. The number of ether oxygens (including phenoxy) is 2. The van der Waals surface area contributed by atoms with Crippen LogP contribution in [0.25, 0.3) is 0 Å². The Morgan fingerprint density at radius 2 is 2.25 bits per heavy atom. The second kappa shape index (κ2) is 4.27. The molecule has 1 aromatic rings. The van der Waals surface area contributed by atoms with E-state index in [-0.39, 0.29) is 6.79 Å². The molecule has 1 aliphatic rings. The second-order valence-electron chi connectivity index (χ2n) is 3.86. The Balaban J connectivity index is 2.46. The van der Waals surface area contributed by atoms with E-state index in [2.05, 4.69) is 0 Å². The van der Waals surface area contributed by atoms with Gasteiger partial charge in [0, 0.05) is 11.6 Å². The number of halogens is 1. The first-order chi connectivity index (χ1) is 7.63. The van der Waals surface area contributed by atoms with Crippen LogP contribution in [-0.4, -0.2) is 17.9 Å². The number of hydrogen-bond donors (Lipinski definition) is 2. The van der Waals surface area contributed by atoms with Crippen molar-refractivity contribution in [2.75, 3.05) is 6.79 Å². The lowest BCUT2D eigenvalue weighted by Gasteiger charge is -2.17. The molecule has 0 saturated carbocycles. The van der Waals surface area contributed by atoms with Crippen molar-refractivity contribution in [3.8, 4) is 11.5 Å². The summed E-state index contributed by atoms with van der Waals surface area (Å²) in [6.45, 7) is 1.15. The highest BCUT2D eigenvalue weighted by Crippen LogP contribution is 2.40. The maximum Gasteiger partial charge on any atom is 0.231 e. The third-order valence-electron chi connectivity index (χ3n) is 2.53. The molecular formula is C11H14FNO3. The van der Waals surface area contributed by atoms with Crippen LogP contribution >= 0.6 is 0 Å². The average molecular weight is 227 g/mol. The third-order valence-corrected chi connectivity index (χ3v) is 2.53. The van der Waals surface area contributed by atoms with E-state index in [0.717, 1.165) is 0 Å². The summed E-state index contributed by atoms with van der Waals surface area (Å²) in [5, 5.41) is 9.90. The molecule has 3 N–H and O–H groups in total. The maximum atomic E-state index is 12.6. The largest absolute Gasteiger partial charge is 0.454 e. The van der Waals surface area contributed by atoms with Gasteiger partial charge in [-0.25, -0.2) is 4.39 Å². The molecule has 16 heavy (non-hydrogen) atoms. The van der Waals surface area contributed by atoms with Crippen LogP contribution in [0, 0.1) is 0 Å². The molecule has 4 nitrogen and oxygen atoms in total. The molecular weight excluding hydrogens is 213 g/mol. The third kappa shape index (κ3) is 1.83. The minimum absolute atomic E-state index is 0.0870. The van der Waals surface area contributed by atoms with Crippen LogP contribution in [0.15, 0.2) is 12.1 Å². The van der Waals surface area contributed by atoms with E-state index in [1.54, 1.807) is 19.1 Å². The Labute approximate surface area is 92.8 Å². The van der Waals surface area contributed by atoms with Crippen LogP contribution in [0.4, 0.5) is 4.39 Å². The van der Waals surface area contributed by atoms with Crippen molar-refractivity contribution in [3.05, 3.63) is 23.3 Å². The fourth-order valence-electron chi connectivity index (χ4n) is 1.68. The number of hydrogen-bond acceptors (Lipinski definition) is 4. The van der Waals surface area contributed by atoms with Gasteiger partial charge in [0.15, 0.2) is 11.5 Å². The van der Waals surface area contributed by atoms with Gasteiger partial charge in [-0.1, -0.05) is 0 Å². The molecule has 0 saturated heterocycles. The first-order valence-electron chi connectivity index (χ1n) is 5.05. The first-order valence-corrected chi connectivity index (χ1v) is 5.05. The van der Waals surface area contributed by atoms with Crippen LogP contribution in [0.3, 0.4) is 0 Å². The fraction of sp³-hybridized carbons (Fsp3) is 0.455. The van der Waals surface area contributed by atoms with Crippen LogP contribution in [0.1, 0.15) is 24.2 Å². The van der Waals surface area contributed by atoms with E-state index < -0.39 is 18.8 Å². The maximum absolute atomic E-state index is 12.6. The number of alkyl halides is 1. The highest BCUT2D eigenvalue weighted by molar-refractivity contribution is 5.52. The second-order valence-corrected chi connectivity index (χ2v) is 3.86. The van der Waals surface area contributed by atoms with Crippen LogP contribution in [0.5, 0.6) is 11.5 Å². The number of benzene rings is 1. The van der Waals surface area contributed by atoms with Gasteiger partial charge < -0.3 is 20.3 Å². The molecule has 0 fully saturated rings. The first kappa shape index (κ1) is 11.2. The van der Waals surface area contributed by atoms with E-state index in [1.807, 2.05) is 0 Å². The van der Waals surface area contributed by atoms with E-state index in [0.29, 0.717) is 22.6 Å². The normalized spacial score (nSPS) is 17.2.